The number of carbonyl (C=O) groups excluding carboxylic acids is 1. The molecule has 1 fully saturated rings. The summed E-state index contributed by atoms with van der Waals surface area (Å²) in [5.41, 5.74) is -0.553. The summed E-state index contributed by atoms with van der Waals surface area (Å²) in [5, 5.41) is 7.23. The minimum absolute atomic E-state index is 0.0622. The van der Waals surface area contributed by atoms with Crippen LogP contribution in [0.5, 0.6) is 0 Å². The van der Waals surface area contributed by atoms with E-state index in [0.717, 1.165) is 49.8 Å². The van der Waals surface area contributed by atoms with Crippen LogP contribution in [0.2, 0.25) is 0 Å². The summed E-state index contributed by atoms with van der Waals surface area (Å²) in [5.74, 6) is -0.0622. The third-order valence-electron chi connectivity index (χ3n) is 5.03. The lowest BCUT2D eigenvalue weighted by molar-refractivity contribution is -0.137. The maximum atomic E-state index is 12.9. The second-order valence-corrected chi connectivity index (χ2v) is 6.74. The van der Waals surface area contributed by atoms with Crippen LogP contribution in [-0.4, -0.2) is 22.2 Å². The van der Waals surface area contributed by atoms with Crippen molar-refractivity contribution in [3.8, 4) is 0 Å². The smallest absolute Gasteiger partial charge is 0.354 e. The summed E-state index contributed by atoms with van der Waals surface area (Å²) in [6.07, 6.45) is 4.22. The van der Waals surface area contributed by atoms with Crippen LogP contribution < -0.4 is 5.32 Å². The van der Waals surface area contributed by atoms with Crippen molar-refractivity contribution in [2.24, 2.45) is 0 Å². The monoisotopic (exact) mass is 365 g/mol. The van der Waals surface area contributed by atoms with Gasteiger partial charge in [0.2, 0.25) is 5.91 Å². The highest BCUT2D eigenvalue weighted by molar-refractivity contribution is 5.84. The van der Waals surface area contributed by atoms with Crippen LogP contribution in [0, 0.1) is 0 Å². The van der Waals surface area contributed by atoms with Crippen molar-refractivity contribution in [1.29, 1.82) is 0 Å². The van der Waals surface area contributed by atoms with E-state index in [2.05, 4.69) is 10.4 Å². The molecular weight excluding hydrogens is 343 g/mol. The van der Waals surface area contributed by atoms with E-state index in [1.165, 1.54) is 12.1 Å². The molecule has 0 unspecified atom stereocenters. The number of aromatic nitrogens is 2. The zero-order valence-electron chi connectivity index (χ0n) is 14.4. The van der Waals surface area contributed by atoms with Crippen LogP contribution in [0.15, 0.2) is 42.7 Å². The quantitative estimate of drug-likeness (QED) is 0.873. The fourth-order valence-corrected chi connectivity index (χ4v) is 3.56. The summed E-state index contributed by atoms with van der Waals surface area (Å²) in [7, 11) is 0. The number of halogens is 3. The van der Waals surface area contributed by atoms with Crippen LogP contribution in [0.4, 0.5) is 13.2 Å². The van der Waals surface area contributed by atoms with E-state index >= 15 is 0 Å². The normalized spacial score (nSPS) is 17.0. The van der Waals surface area contributed by atoms with Gasteiger partial charge in [0.25, 0.3) is 0 Å². The number of nitrogens with zero attached hydrogens (tertiary/aromatic N) is 2. The Bertz CT molecular complexity index is 717. The van der Waals surface area contributed by atoms with Gasteiger partial charge in [-0.25, -0.2) is 0 Å². The van der Waals surface area contributed by atoms with Crippen LogP contribution in [0.25, 0.3) is 0 Å². The molecule has 140 valence electrons. The fraction of sp³-hybridized carbons (Fsp3) is 0.474. The van der Waals surface area contributed by atoms with Crippen molar-refractivity contribution in [2.75, 3.05) is 6.54 Å². The first kappa shape index (κ1) is 18.5. The molecule has 0 radical (unpaired) electrons. The van der Waals surface area contributed by atoms with Gasteiger partial charge in [0.15, 0.2) is 0 Å². The minimum Gasteiger partial charge on any atom is -0.354 e. The Labute approximate surface area is 150 Å². The zero-order valence-corrected chi connectivity index (χ0v) is 14.4. The van der Waals surface area contributed by atoms with E-state index in [1.807, 2.05) is 12.3 Å². The maximum absolute atomic E-state index is 12.9. The Morgan fingerprint density at radius 3 is 2.42 bits per heavy atom. The third-order valence-corrected chi connectivity index (χ3v) is 5.03. The van der Waals surface area contributed by atoms with Crippen molar-refractivity contribution >= 4 is 5.91 Å². The Kier molecular flexibility index (Phi) is 5.34. The maximum Gasteiger partial charge on any atom is 0.416 e. The average molecular weight is 365 g/mol. The lowest BCUT2D eigenvalue weighted by Gasteiger charge is -2.36. The molecule has 1 aliphatic rings. The molecule has 0 spiro atoms. The van der Waals surface area contributed by atoms with Crippen LogP contribution in [-0.2, 0) is 22.9 Å². The second-order valence-electron chi connectivity index (χ2n) is 6.74. The summed E-state index contributed by atoms with van der Waals surface area (Å²) in [6.45, 7) is 0.382. The molecule has 7 heteroatoms. The van der Waals surface area contributed by atoms with E-state index in [-0.39, 0.29) is 5.91 Å². The van der Waals surface area contributed by atoms with Crippen molar-refractivity contribution in [1.82, 2.24) is 15.1 Å². The highest BCUT2D eigenvalue weighted by atomic mass is 19.4. The van der Waals surface area contributed by atoms with Gasteiger partial charge in [-0.15, -0.1) is 0 Å². The van der Waals surface area contributed by atoms with Gasteiger partial charge in [-0.3, -0.25) is 9.48 Å². The van der Waals surface area contributed by atoms with Crippen molar-refractivity contribution < 1.29 is 18.0 Å². The molecular formula is C19H22F3N3O. The lowest BCUT2D eigenvalue weighted by atomic mass is 9.81. The van der Waals surface area contributed by atoms with Crippen LogP contribution in [0.3, 0.4) is 0 Å². The molecule has 1 saturated carbocycles. The van der Waals surface area contributed by atoms with Gasteiger partial charge in [-0.1, -0.05) is 31.4 Å². The molecule has 1 aromatic heterocycles. The summed E-state index contributed by atoms with van der Waals surface area (Å²) in [4.78, 5) is 12.9. The zero-order chi connectivity index (χ0) is 18.6. The minimum atomic E-state index is -4.33. The molecule has 0 aliphatic heterocycles. The molecule has 1 amide bonds. The van der Waals surface area contributed by atoms with Gasteiger partial charge in [0.05, 0.1) is 5.56 Å². The molecule has 0 atom stereocenters. The number of nitrogens with one attached hydrogen (secondary N) is 1. The Morgan fingerprint density at radius 1 is 1.15 bits per heavy atom. The third kappa shape index (κ3) is 3.92. The van der Waals surface area contributed by atoms with Gasteiger partial charge < -0.3 is 5.32 Å². The van der Waals surface area contributed by atoms with Crippen LogP contribution in [0.1, 0.15) is 43.2 Å². The van der Waals surface area contributed by atoms with E-state index in [0.29, 0.717) is 13.0 Å². The van der Waals surface area contributed by atoms with E-state index in [4.69, 9.17) is 0 Å². The molecule has 26 heavy (non-hydrogen) atoms. The Hall–Kier alpha value is -2.31. The van der Waals surface area contributed by atoms with Gasteiger partial charge >= 0.3 is 6.18 Å². The topological polar surface area (TPSA) is 46.9 Å². The number of hydrogen-bond acceptors (Lipinski definition) is 2. The molecule has 1 aliphatic carbocycles. The molecule has 0 saturated heterocycles. The van der Waals surface area contributed by atoms with Crippen molar-refractivity contribution in [2.45, 2.75) is 50.2 Å². The average Bonchev–Trinajstić information content (AvgIpc) is 3.17. The number of rotatable bonds is 5. The summed E-state index contributed by atoms with van der Waals surface area (Å²) in [6, 6.07) is 6.87. The fourth-order valence-electron chi connectivity index (χ4n) is 3.56. The number of benzene rings is 1. The standard InChI is InChI=1S/C19H22F3N3O/c20-19(21,22)16-7-5-15(6-8-16)9-13-23-17(26)18(10-2-1-3-11-18)25-14-4-12-24-25/h4-8,12,14H,1-3,9-11,13H2,(H,23,26). The van der Waals surface area contributed by atoms with E-state index in [9.17, 15) is 18.0 Å². The van der Waals surface area contributed by atoms with Gasteiger partial charge in [-0.2, -0.15) is 18.3 Å². The van der Waals surface area contributed by atoms with E-state index in [1.54, 1.807) is 10.9 Å². The Balaban J connectivity index is 1.61. The SMILES string of the molecule is O=C(NCCc1ccc(C(F)(F)F)cc1)C1(n2cccn2)CCCCC1. The van der Waals surface area contributed by atoms with E-state index < -0.39 is 17.3 Å². The molecule has 1 aromatic carbocycles. The summed E-state index contributed by atoms with van der Waals surface area (Å²) < 4.78 is 39.5. The molecule has 1 N–H and O–H groups in total. The molecule has 4 nitrogen and oxygen atoms in total. The number of hydrogen-bond donors (Lipinski definition) is 1. The van der Waals surface area contributed by atoms with Crippen molar-refractivity contribution in [3.05, 3.63) is 53.9 Å². The highest BCUT2D eigenvalue weighted by Gasteiger charge is 2.41. The van der Waals surface area contributed by atoms with Crippen LogP contribution >= 0.6 is 0 Å². The molecule has 3 rings (SSSR count). The molecule has 2 aromatic rings. The largest absolute Gasteiger partial charge is 0.416 e. The first-order chi connectivity index (χ1) is 12.4. The van der Waals surface area contributed by atoms with Gasteiger partial charge in [0, 0.05) is 18.9 Å². The number of alkyl halides is 3. The molecule has 0 bridgehead atoms. The van der Waals surface area contributed by atoms with Gasteiger partial charge in [-0.05, 0) is 43.0 Å². The lowest BCUT2D eigenvalue weighted by Crippen LogP contribution is -2.50. The first-order valence-corrected chi connectivity index (χ1v) is 8.86. The number of carbonyl (C=O) groups is 1. The first-order valence-electron chi connectivity index (χ1n) is 8.86. The Morgan fingerprint density at radius 2 is 1.85 bits per heavy atom. The van der Waals surface area contributed by atoms with Crippen molar-refractivity contribution in [3.63, 3.8) is 0 Å². The predicted octanol–water partition coefficient (Wildman–Crippen LogP) is 3.92. The second kappa shape index (κ2) is 7.51. The van der Waals surface area contributed by atoms with Gasteiger partial charge in [0.1, 0.15) is 5.54 Å². The molecule has 1 heterocycles. The summed E-state index contributed by atoms with van der Waals surface area (Å²) >= 11 is 0. The highest BCUT2D eigenvalue weighted by Crippen LogP contribution is 2.34. The number of amides is 1. The predicted molar refractivity (Wildman–Crippen MR) is 91.4 cm³/mol.